The number of amides is 1. The number of ether oxygens (including phenoxy) is 2. The fourth-order valence-electron chi connectivity index (χ4n) is 2.37. The van der Waals surface area contributed by atoms with Crippen molar-refractivity contribution >= 4 is 40.1 Å². The van der Waals surface area contributed by atoms with Crippen molar-refractivity contribution < 1.29 is 19.1 Å². The predicted molar refractivity (Wildman–Crippen MR) is 101 cm³/mol. The number of hydrogen-bond acceptors (Lipinski definition) is 8. The van der Waals surface area contributed by atoms with E-state index in [-0.39, 0.29) is 24.4 Å². The molecule has 1 aliphatic heterocycles. The number of esters is 1. The van der Waals surface area contributed by atoms with Gasteiger partial charge in [0.1, 0.15) is 6.10 Å². The third-order valence-electron chi connectivity index (χ3n) is 3.58. The summed E-state index contributed by atoms with van der Waals surface area (Å²) >= 11 is 3.11. The van der Waals surface area contributed by atoms with Crippen molar-refractivity contribution in [2.24, 2.45) is 0 Å². The highest BCUT2D eigenvalue weighted by Gasteiger charge is 2.18. The summed E-state index contributed by atoms with van der Waals surface area (Å²) in [7, 11) is 0. The third kappa shape index (κ3) is 5.18. The van der Waals surface area contributed by atoms with Gasteiger partial charge in [-0.3, -0.25) is 14.9 Å². The fraction of sp³-hybridized carbons (Fsp3) is 0.412. The van der Waals surface area contributed by atoms with Crippen LogP contribution in [0, 0.1) is 0 Å². The summed E-state index contributed by atoms with van der Waals surface area (Å²) in [5, 5.41) is 4.89. The number of nitrogens with one attached hydrogen (secondary N) is 1. The summed E-state index contributed by atoms with van der Waals surface area (Å²) in [6, 6.07) is 3.25. The highest BCUT2D eigenvalue weighted by atomic mass is 32.2. The molecule has 0 bridgehead atoms. The molecule has 0 spiro atoms. The number of nitrogens with zero attached hydrogens (tertiary/aromatic N) is 2. The normalized spacial score (nSPS) is 16.3. The number of anilines is 1. The van der Waals surface area contributed by atoms with Crippen molar-refractivity contribution in [3.8, 4) is 5.88 Å². The lowest BCUT2D eigenvalue weighted by Crippen LogP contribution is -2.17. The highest BCUT2D eigenvalue weighted by molar-refractivity contribution is 7.99. The maximum absolute atomic E-state index is 12.4. The van der Waals surface area contributed by atoms with Crippen LogP contribution < -0.4 is 10.1 Å². The number of hydrogen-bond donors (Lipinski definition) is 1. The van der Waals surface area contributed by atoms with E-state index in [0.717, 1.165) is 17.9 Å². The summed E-state index contributed by atoms with van der Waals surface area (Å²) in [5.41, 5.74) is 1.02. The first-order valence-corrected chi connectivity index (χ1v) is 10.3. The molecule has 0 radical (unpaired) electrons. The van der Waals surface area contributed by atoms with Crippen molar-refractivity contribution in [3.05, 3.63) is 35.0 Å². The Bertz CT molecular complexity index is 775. The van der Waals surface area contributed by atoms with E-state index in [2.05, 4.69) is 15.3 Å². The molecule has 138 valence electrons. The van der Waals surface area contributed by atoms with Gasteiger partial charge in [-0.1, -0.05) is 0 Å². The maximum atomic E-state index is 12.4. The van der Waals surface area contributed by atoms with Gasteiger partial charge in [-0.25, -0.2) is 9.97 Å². The minimum absolute atomic E-state index is 0.0901. The smallest absolute Gasteiger partial charge is 0.311 e. The number of thioether (sulfide) groups is 1. The summed E-state index contributed by atoms with van der Waals surface area (Å²) in [5.74, 6) is 1.85. The van der Waals surface area contributed by atoms with Crippen molar-refractivity contribution in [1.82, 2.24) is 9.97 Å². The molecule has 0 saturated carbocycles. The molecule has 3 heterocycles. The van der Waals surface area contributed by atoms with Crippen LogP contribution in [-0.4, -0.2) is 46.1 Å². The summed E-state index contributed by atoms with van der Waals surface area (Å²) < 4.78 is 10.7. The third-order valence-corrected chi connectivity index (χ3v) is 5.51. The Hall–Kier alpha value is -2.13. The maximum Gasteiger partial charge on any atom is 0.311 e. The number of pyridine rings is 1. The number of aromatic nitrogens is 2. The van der Waals surface area contributed by atoms with Crippen molar-refractivity contribution in [1.29, 1.82) is 0 Å². The molecule has 1 amide bonds. The Balaban J connectivity index is 1.59. The van der Waals surface area contributed by atoms with Gasteiger partial charge >= 0.3 is 5.97 Å². The molecule has 2 aromatic rings. The second-order valence-corrected chi connectivity index (χ2v) is 7.57. The van der Waals surface area contributed by atoms with Crippen LogP contribution in [0.4, 0.5) is 5.13 Å². The minimum Gasteiger partial charge on any atom is -0.473 e. The SMILES string of the molecule is CCOC(=O)Cc1csc(NC(=O)c2ccnc(OC3CCSC3)c2)n1. The Kier molecular flexibility index (Phi) is 6.45. The first kappa shape index (κ1) is 18.7. The molecule has 1 N–H and O–H groups in total. The van der Waals surface area contributed by atoms with E-state index in [1.54, 1.807) is 30.6 Å². The highest BCUT2D eigenvalue weighted by Crippen LogP contribution is 2.23. The molecule has 26 heavy (non-hydrogen) atoms. The number of carbonyl (C=O) groups excluding carboxylic acids is 2. The van der Waals surface area contributed by atoms with Crippen LogP contribution in [0.15, 0.2) is 23.7 Å². The van der Waals surface area contributed by atoms with Gasteiger partial charge in [0, 0.05) is 29.0 Å². The first-order chi connectivity index (χ1) is 12.6. The van der Waals surface area contributed by atoms with Gasteiger partial charge in [-0.05, 0) is 25.2 Å². The quantitative estimate of drug-likeness (QED) is 0.723. The molecular formula is C17H19N3O4S2. The van der Waals surface area contributed by atoms with Crippen LogP contribution in [-0.2, 0) is 16.0 Å². The largest absolute Gasteiger partial charge is 0.473 e. The molecule has 2 aromatic heterocycles. The lowest BCUT2D eigenvalue weighted by molar-refractivity contribution is -0.142. The lowest BCUT2D eigenvalue weighted by atomic mass is 10.2. The van der Waals surface area contributed by atoms with Crippen molar-refractivity contribution in [2.45, 2.75) is 25.9 Å². The van der Waals surface area contributed by atoms with Crippen molar-refractivity contribution in [2.75, 3.05) is 23.4 Å². The Morgan fingerprint density at radius 2 is 2.31 bits per heavy atom. The zero-order chi connectivity index (χ0) is 18.4. The minimum atomic E-state index is -0.336. The number of thiazole rings is 1. The van der Waals surface area contributed by atoms with Gasteiger partial charge in [0.15, 0.2) is 5.13 Å². The van der Waals surface area contributed by atoms with Crippen molar-refractivity contribution in [3.63, 3.8) is 0 Å². The Morgan fingerprint density at radius 3 is 3.08 bits per heavy atom. The van der Waals surface area contributed by atoms with E-state index in [0.29, 0.717) is 28.9 Å². The van der Waals surface area contributed by atoms with Gasteiger partial charge < -0.3 is 9.47 Å². The first-order valence-electron chi connectivity index (χ1n) is 8.26. The Labute approximate surface area is 159 Å². The van der Waals surface area contributed by atoms with Gasteiger partial charge in [0.05, 0.1) is 18.7 Å². The second kappa shape index (κ2) is 9.00. The summed E-state index contributed by atoms with van der Waals surface area (Å²) in [6.07, 6.45) is 2.79. The molecule has 1 aliphatic rings. The Morgan fingerprint density at radius 1 is 1.42 bits per heavy atom. The van der Waals surface area contributed by atoms with E-state index >= 15 is 0 Å². The lowest BCUT2D eigenvalue weighted by Gasteiger charge is -2.11. The zero-order valence-electron chi connectivity index (χ0n) is 14.3. The molecule has 9 heteroatoms. The standard InChI is InChI=1S/C17H19N3O4S2/c1-2-23-15(21)8-12-9-26-17(19-12)20-16(22)11-3-5-18-14(7-11)24-13-4-6-25-10-13/h3,5,7,9,13H,2,4,6,8,10H2,1H3,(H,19,20,22). The summed E-state index contributed by atoms with van der Waals surface area (Å²) in [6.45, 7) is 2.08. The molecule has 1 unspecified atom stereocenters. The van der Waals surface area contributed by atoms with Gasteiger partial charge in [0.25, 0.3) is 5.91 Å². The van der Waals surface area contributed by atoms with Crippen LogP contribution in [0.25, 0.3) is 0 Å². The van der Waals surface area contributed by atoms with E-state index in [4.69, 9.17) is 9.47 Å². The van der Waals surface area contributed by atoms with Gasteiger partial charge in [0.2, 0.25) is 5.88 Å². The topological polar surface area (TPSA) is 90.4 Å². The average Bonchev–Trinajstić information content (AvgIpc) is 3.27. The van der Waals surface area contributed by atoms with Crippen LogP contribution in [0.3, 0.4) is 0 Å². The molecule has 3 rings (SSSR count). The second-order valence-electron chi connectivity index (χ2n) is 5.57. The number of rotatable bonds is 7. The molecule has 0 aliphatic carbocycles. The monoisotopic (exact) mass is 393 g/mol. The fourth-order valence-corrected chi connectivity index (χ4v) is 4.17. The van der Waals surface area contributed by atoms with E-state index < -0.39 is 0 Å². The van der Waals surface area contributed by atoms with Crippen LogP contribution in [0.1, 0.15) is 29.4 Å². The molecular weight excluding hydrogens is 374 g/mol. The van der Waals surface area contributed by atoms with Crippen LogP contribution >= 0.6 is 23.1 Å². The molecule has 0 aromatic carbocycles. The van der Waals surface area contributed by atoms with Crippen LogP contribution in [0.2, 0.25) is 0 Å². The molecule has 1 atom stereocenters. The predicted octanol–water partition coefficient (Wildman–Crippen LogP) is 2.78. The molecule has 1 fully saturated rings. The van der Waals surface area contributed by atoms with Crippen LogP contribution in [0.5, 0.6) is 5.88 Å². The van der Waals surface area contributed by atoms with Gasteiger partial charge in [-0.2, -0.15) is 11.8 Å². The van der Waals surface area contributed by atoms with E-state index in [9.17, 15) is 9.59 Å². The van der Waals surface area contributed by atoms with E-state index in [1.807, 2.05) is 11.8 Å². The van der Waals surface area contributed by atoms with E-state index in [1.165, 1.54) is 11.3 Å². The average molecular weight is 393 g/mol. The number of carbonyl (C=O) groups is 2. The molecule has 1 saturated heterocycles. The molecule has 7 nitrogen and oxygen atoms in total. The summed E-state index contributed by atoms with van der Waals surface area (Å²) in [4.78, 5) is 32.3. The van der Waals surface area contributed by atoms with Gasteiger partial charge in [-0.15, -0.1) is 11.3 Å². The zero-order valence-corrected chi connectivity index (χ0v) is 15.9.